The maximum absolute atomic E-state index is 14.2. The molecule has 15 nitrogen and oxygen atoms in total. The molecule has 18 atom stereocenters. The number of hydrogen-bond donors (Lipinski definition) is 4. The summed E-state index contributed by atoms with van der Waals surface area (Å²) in [5.41, 5.74) is -4.92. The Morgan fingerprint density at radius 3 is 2.05 bits per heavy atom. The molecule has 0 amide bonds. The normalized spacial score (nSPS) is 46.9. The van der Waals surface area contributed by atoms with Gasteiger partial charge in [-0.1, -0.05) is 34.6 Å². The zero-order chi connectivity index (χ0) is 42.0. The highest BCUT2D eigenvalue weighted by Gasteiger charge is 2.54. The van der Waals surface area contributed by atoms with Crippen molar-refractivity contribution in [2.45, 2.75) is 193 Å². The van der Waals surface area contributed by atoms with Crippen molar-refractivity contribution in [3.05, 3.63) is 0 Å². The average molecular weight is 790 g/mol. The quantitative estimate of drug-likeness (QED) is 0.249. The molecule has 0 bridgehead atoms. The molecular weight excluding hydrogens is 718 g/mol. The first-order valence-electron chi connectivity index (χ1n) is 19.9. The number of aliphatic hydroxyl groups excluding tert-OH is 2. The largest absolute Gasteiger partial charge is 0.459 e. The second-order valence-corrected chi connectivity index (χ2v) is 17.3. The predicted octanol–water partition coefficient (Wildman–Crippen LogP) is 2.75. The Bertz CT molecular complexity index is 1290. The SMILES string of the molecule is CCC(=O)OC1C(OC2C(C)C(OC3C[C@@](C)(OC)C(O)C(C)O3)C(C)C(=O)OC(CC)[C@@](C)(O)C(O)C(C)C(=O)C(C)CC2(C)O)OC(C)CC1N(C)C. The van der Waals surface area contributed by atoms with E-state index in [1.165, 1.54) is 27.9 Å². The standard InChI is InChI=1S/C40H71NO14/c1-15-27-40(11,48)33(44)22(5)30(43)20(3)18-38(9,47)35(55-37-32(53-28(42)16-2)26(41(12)13)17-21(4)50-37)23(6)31(24(7)36(46)52-27)54-29-19-39(10,49-14)34(45)25(8)51-29/h20-27,29,31-35,37,44-45,47-48H,15-19H2,1-14H3/t20?,21?,22?,23?,24?,25?,26?,27?,29?,31?,32?,33?,34?,35?,37?,38?,39-,40-/m1/s1. The summed E-state index contributed by atoms with van der Waals surface area (Å²) in [5, 5.41) is 46.6. The van der Waals surface area contributed by atoms with Gasteiger partial charge in [-0.05, 0) is 74.9 Å². The van der Waals surface area contributed by atoms with Crippen LogP contribution in [0.5, 0.6) is 0 Å². The van der Waals surface area contributed by atoms with Crippen molar-refractivity contribution in [3.8, 4) is 0 Å². The van der Waals surface area contributed by atoms with Crippen LogP contribution >= 0.6 is 0 Å². The number of cyclic esters (lactones) is 1. The van der Waals surface area contributed by atoms with E-state index in [1.54, 1.807) is 48.5 Å². The average Bonchev–Trinajstić information content (AvgIpc) is 3.11. The molecule has 0 spiro atoms. The Hall–Kier alpha value is -1.79. The zero-order valence-corrected chi connectivity index (χ0v) is 35.5. The lowest BCUT2D eigenvalue weighted by molar-refractivity contribution is -0.319. The number of likely N-dealkylation sites (N-methyl/N-ethyl adjacent to an activating group) is 1. The maximum atomic E-state index is 14.2. The molecule has 3 rings (SSSR count). The van der Waals surface area contributed by atoms with Crippen molar-refractivity contribution in [1.29, 1.82) is 0 Å². The number of ketones is 1. The molecule has 3 heterocycles. The van der Waals surface area contributed by atoms with Crippen LogP contribution in [-0.4, -0.2) is 149 Å². The highest BCUT2D eigenvalue weighted by Crippen LogP contribution is 2.41. The highest BCUT2D eigenvalue weighted by atomic mass is 16.7. The smallest absolute Gasteiger partial charge is 0.311 e. The van der Waals surface area contributed by atoms with Crippen LogP contribution < -0.4 is 0 Å². The summed E-state index contributed by atoms with van der Waals surface area (Å²) < 4.78 is 43.6. The molecule has 15 heteroatoms. The maximum Gasteiger partial charge on any atom is 0.311 e. The first kappa shape index (κ1) is 47.6. The predicted molar refractivity (Wildman–Crippen MR) is 200 cm³/mol. The van der Waals surface area contributed by atoms with Crippen molar-refractivity contribution in [1.82, 2.24) is 4.90 Å². The van der Waals surface area contributed by atoms with Crippen LogP contribution in [-0.2, 0) is 47.5 Å². The number of carbonyl (C=O) groups is 3. The van der Waals surface area contributed by atoms with Gasteiger partial charge in [-0.25, -0.2) is 0 Å². The van der Waals surface area contributed by atoms with Crippen LogP contribution in [0, 0.1) is 23.7 Å². The third-order valence-electron chi connectivity index (χ3n) is 12.4. The summed E-state index contributed by atoms with van der Waals surface area (Å²) in [6.45, 7) is 18.0. The van der Waals surface area contributed by atoms with Crippen LogP contribution in [0.2, 0.25) is 0 Å². The van der Waals surface area contributed by atoms with Gasteiger partial charge in [-0.15, -0.1) is 0 Å². The minimum atomic E-state index is -2.01. The van der Waals surface area contributed by atoms with E-state index in [9.17, 15) is 34.8 Å². The topological polar surface area (TPSA) is 200 Å². The van der Waals surface area contributed by atoms with Gasteiger partial charge >= 0.3 is 11.9 Å². The van der Waals surface area contributed by atoms with Crippen molar-refractivity contribution < 1.29 is 68.0 Å². The summed E-state index contributed by atoms with van der Waals surface area (Å²) in [4.78, 5) is 42.9. The molecule has 0 aromatic carbocycles. The van der Waals surface area contributed by atoms with E-state index >= 15 is 0 Å². The molecule has 55 heavy (non-hydrogen) atoms. The summed E-state index contributed by atoms with van der Waals surface area (Å²) in [6, 6.07) is -0.319. The molecule has 0 aliphatic carbocycles. The Morgan fingerprint density at radius 2 is 1.51 bits per heavy atom. The lowest BCUT2D eigenvalue weighted by Gasteiger charge is -2.49. The number of methoxy groups -OCH3 is 1. The van der Waals surface area contributed by atoms with Crippen LogP contribution in [0.1, 0.15) is 108 Å². The summed E-state index contributed by atoms with van der Waals surface area (Å²) in [7, 11) is 5.21. The summed E-state index contributed by atoms with van der Waals surface area (Å²) in [5.74, 6) is -5.59. The molecule has 3 aliphatic rings. The van der Waals surface area contributed by atoms with Crippen LogP contribution in [0.4, 0.5) is 0 Å². The van der Waals surface area contributed by atoms with Gasteiger partial charge in [0.15, 0.2) is 18.7 Å². The van der Waals surface area contributed by atoms with Gasteiger partial charge in [0.05, 0.1) is 53.7 Å². The number of Topliss-reactive ketones (excluding diaryl/α,β-unsaturated/α-hetero) is 1. The third-order valence-corrected chi connectivity index (χ3v) is 12.4. The van der Waals surface area contributed by atoms with E-state index in [0.29, 0.717) is 6.42 Å². The van der Waals surface area contributed by atoms with Gasteiger partial charge in [-0.3, -0.25) is 14.4 Å². The van der Waals surface area contributed by atoms with Crippen LogP contribution in [0.3, 0.4) is 0 Å². The fourth-order valence-corrected chi connectivity index (χ4v) is 8.76. The molecular formula is C40H71NO14. The number of rotatable bonds is 9. The molecule has 4 N–H and O–H groups in total. The Morgan fingerprint density at radius 1 is 0.891 bits per heavy atom. The van der Waals surface area contributed by atoms with Gasteiger partial charge in [-0.2, -0.15) is 0 Å². The van der Waals surface area contributed by atoms with Crippen molar-refractivity contribution in [2.75, 3.05) is 21.2 Å². The Labute approximate surface area is 327 Å². The Kier molecular flexibility index (Phi) is 16.3. The second-order valence-electron chi connectivity index (χ2n) is 17.3. The molecule has 3 aliphatic heterocycles. The molecule has 16 unspecified atom stereocenters. The first-order chi connectivity index (χ1) is 25.4. The minimum Gasteiger partial charge on any atom is -0.459 e. The first-order valence-corrected chi connectivity index (χ1v) is 19.9. The van der Waals surface area contributed by atoms with Gasteiger partial charge < -0.3 is 58.5 Å². The Balaban J connectivity index is 2.24. The van der Waals surface area contributed by atoms with Gasteiger partial charge in [0.25, 0.3) is 0 Å². The van der Waals surface area contributed by atoms with Gasteiger partial charge in [0, 0.05) is 37.7 Å². The van der Waals surface area contributed by atoms with E-state index in [1.807, 2.05) is 25.9 Å². The molecule has 0 saturated carbocycles. The number of nitrogens with zero attached hydrogens (tertiary/aromatic N) is 1. The molecule has 0 aromatic heterocycles. The van der Waals surface area contributed by atoms with Gasteiger partial charge in [0.1, 0.15) is 23.6 Å². The van der Waals surface area contributed by atoms with E-state index in [-0.39, 0.29) is 37.8 Å². The van der Waals surface area contributed by atoms with Crippen LogP contribution in [0.15, 0.2) is 0 Å². The molecule has 3 fully saturated rings. The zero-order valence-electron chi connectivity index (χ0n) is 35.5. The molecule has 0 aromatic rings. The lowest BCUT2D eigenvalue weighted by Crippen LogP contribution is -2.61. The summed E-state index contributed by atoms with van der Waals surface area (Å²) >= 11 is 0. The minimum absolute atomic E-state index is 0.0760. The number of aliphatic hydroxyl groups is 4. The second kappa shape index (κ2) is 18.9. The van der Waals surface area contributed by atoms with E-state index in [4.69, 9.17) is 33.2 Å². The number of ether oxygens (including phenoxy) is 7. The fraction of sp³-hybridized carbons (Fsp3) is 0.925. The van der Waals surface area contributed by atoms with Crippen molar-refractivity contribution >= 4 is 17.7 Å². The van der Waals surface area contributed by atoms with Crippen molar-refractivity contribution in [3.63, 3.8) is 0 Å². The van der Waals surface area contributed by atoms with Crippen molar-refractivity contribution in [2.24, 2.45) is 23.7 Å². The molecule has 3 saturated heterocycles. The van der Waals surface area contributed by atoms with E-state index in [0.717, 1.165) is 0 Å². The number of hydrogen-bond acceptors (Lipinski definition) is 15. The number of esters is 2. The number of carbonyl (C=O) groups excluding carboxylic acids is 3. The van der Waals surface area contributed by atoms with Gasteiger partial charge in [0.2, 0.25) is 0 Å². The lowest BCUT2D eigenvalue weighted by atomic mass is 9.74. The third kappa shape index (κ3) is 10.6. The summed E-state index contributed by atoms with van der Waals surface area (Å²) in [6.07, 6.45) is -9.68. The van der Waals surface area contributed by atoms with E-state index < -0.39 is 114 Å². The molecule has 0 radical (unpaired) electrons. The fourth-order valence-electron chi connectivity index (χ4n) is 8.76. The monoisotopic (exact) mass is 789 g/mol. The highest BCUT2D eigenvalue weighted by molar-refractivity contribution is 5.83. The molecule has 320 valence electrons. The van der Waals surface area contributed by atoms with Crippen LogP contribution in [0.25, 0.3) is 0 Å². The van der Waals surface area contributed by atoms with E-state index in [2.05, 4.69) is 0 Å².